The van der Waals surface area contributed by atoms with Crippen LogP contribution in [0.25, 0.3) is 0 Å². The smallest absolute Gasteiger partial charge is 0.211 e. The molecular formula is C13H28N2O2S2. The van der Waals surface area contributed by atoms with E-state index >= 15 is 0 Å². The maximum Gasteiger partial charge on any atom is 0.211 e. The highest BCUT2D eigenvalue weighted by atomic mass is 32.2. The molecule has 1 aliphatic carbocycles. The molecule has 6 heteroatoms. The average Bonchev–Trinajstić information content (AvgIpc) is 2.86. The van der Waals surface area contributed by atoms with E-state index in [2.05, 4.69) is 23.2 Å². The summed E-state index contributed by atoms with van der Waals surface area (Å²) in [6, 6.07) is 0. The van der Waals surface area contributed by atoms with Crippen LogP contribution >= 0.6 is 11.8 Å². The van der Waals surface area contributed by atoms with E-state index in [1.165, 1.54) is 12.8 Å². The Bertz CT molecular complexity index is 339. The van der Waals surface area contributed by atoms with Crippen LogP contribution in [0.15, 0.2) is 0 Å². The number of sulfonamides is 1. The van der Waals surface area contributed by atoms with Gasteiger partial charge in [-0.3, -0.25) is 0 Å². The predicted molar refractivity (Wildman–Crippen MR) is 84.3 cm³/mol. The molecule has 4 nitrogen and oxygen atoms in total. The lowest BCUT2D eigenvalue weighted by atomic mass is 10.1. The van der Waals surface area contributed by atoms with Gasteiger partial charge in [-0.25, -0.2) is 13.1 Å². The number of hydrogen-bond acceptors (Lipinski definition) is 4. The van der Waals surface area contributed by atoms with E-state index in [0.29, 0.717) is 13.0 Å². The van der Waals surface area contributed by atoms with E-state index in [1.54, 1.807) is 0 Å². The highest BCUT2D eigenvalue weighted by Crippen LogP contribution is 2.39. The van der Waals surface area contributed by atoms with E-state index in [-0.39, 0.29) is 10.5 Å². The van der Waals surface area contributed by atoms with Crippen molar-refractivity contribution in [3.05, 3.63) is 0 Å². The largest absolute Gasteiger partial charge is 0.317 e. The second-order valence-corrected chi connectivity index (χ2v) is 8.54. The van der Waals surface area contributed by atoms with Crippen molar-refractivity contribution in [1.29, 1.82) is 0 Å². The van der Waals surface area contributed by atoms with Gasteiger partial charge in [-0.1, -0.05) is 19.8 Å². The topological polar surface area (TPSA) is 58.2 Å². The minimum atomic E-state index is -3.11. The van der Waals surface area contributed by atoms with Crippen LogP contribution in [0.2, 0.25) is 0 Å². The van der Waals surface area contributed by atoms with Crippen LogP contribution in [0, 0.1) is 0 Å². The van der Waals surface area contributed by atoms with Gasteiger partial charge in [-0.2, -0.15) is 11.8 Å². The van der Waals surface area contributed by atoms with Crippen molar-refractivity contribution >= 4 is 21.8 Å². The molecule has 0 radical (unpaired) electrons. The minimum Gasteiger partial charge on any atom is -0.317 e. The van der Waals surface area contributed by atoms with Gasteiger partial charge in [-0.15, -0.1) is 0 Å². The van der Waals surface area contributed by atoms with Gasteiger partial charge in [-0.05, 0) is 45.0 Å². The van der Waals surface area contributed by atoms with E-state index in [4.69, 9.17) is 0 Å². The summed E-state index contributed by atoms with van der Waals surface area (Å²) in [7, 11) is -3.11. The maximum atomic E-state index is 11.9. The molecule has 2 N–H and O–H groups in total. The van der Waals surface area contributed by atoms with Gasteiger partial charge in [0.15, 0.2) is 0 Å². The molecule has 0 atom stereocenters. The molecular weight excluding hydrogens is 280 g/mol. The molecule has 0 saturated heterocycles. The monoisotopic (exact) mass is 308 g/mol. The Hall–Kier alpha value is 0.220. The zero-order valence-corrected chi connectivity index (χ0v) is 13.8. The first-order chi connectivity index (χ1) is 9.04. The Morgan fingerprint density at radius 1 is 1.21 bits per heavy atom. The summed E-state index contributed by atoms with van der Waals surface area (Å²) in [5.74, 6) is 0.230. The van der Waals surface area contributed by atoms with Crippen LogP contribution in [0.3, 0.4) is 0 Å². The highest BCUT2D eigenvalue weighted by Gasteiger charge is 2.33. The predicted octanol–water partition coefficient (Wildman–Crippen LogP) is 1.97. The van der Waals surface area contributed by atoms with Crippen molar-refractivity contribution in [2.45, 2.75) is 50.2 Å². The molecule has 0 unspecified atom stereocenters. The lowest BCUT2D eigenvalue weighted by Gasteiger charge is -2.26. The fourth-order valence-electron chi connectivity index (χ4n) is 2.48. The molecule has 0 heterocycles. The Kier molecular flexibility index (Phi) is 7.72. The quantitative estimate of drug-likeness (QED) is 0.606. The minimum absolute atomic E-state index is 0.146. The number of rotatable bonds is 10. The van der Waals surface area contributed by atoms with Crippen LogP contribution in [0.4, 0.5) is 0 Å². The first-order valence-corrected chi connectivity index (χ1v) is 10.1. The molecule has 1 aliphatic rings. The summed E-state index contributed by atoms with van der Waals surface area (Å²) >= 11 is 1.82. The van der Waals surface area contributed by atoms with Crippen molar-refractivity contribution in [3.8, 4) is 0 Å². The van der Waals surface area contributed by atoms with Crippen LogP contribution < -0.4 is 10.0 Å². The normalized spacial score (nSPS) is 18.8. The SMILES string of the molecule is CCCNCCCS(=O)(=O)NCC1(SC)CCCC1. The van der Waals surface area contributed by atoms with E-state index in [0.717, 1.165) is 32.4 Å². The van der Waals surface area contributed by atoms with Crippen molar-refractivity contribution in [2.75, 3.05) is 31.6 Å². The molecule has 0 aromatic heterocycles. The number of thioether (sulfide) groups is 1. The second-order valence-electron chi connectivity index (χ2n) is 5.34. The van der Waals surface area contributed by atoms with E-state index < -0.39 is 10.0 Å². The summed E-state index contributed by atoms with van der Waals surface area (Å²) in [6.07, 6.45) is 8.58. The third-order valence-electron chi connectivity index (χ3n) is 3.76. The lowest BCUT2D eigenvalue weighted by Crippen LogP contribution is -2.39. The first-order valence-electron chi connectivity index (χ1n) is 7.27. The molecule has 1 rings (SSSR count). The Morgan fingerprint density at radius 2 is 1.89 bits per heavy atom. The van der Waals surface area contributed by atoms with Gasteiger partial charge in [0.05, 0.1) is 5.75 Å². The van der Waals surface area contributed by atoms with Crippen molar-refractivity contribution in [3.63, 3.8) is 0 Å². The highest BCUT2D eigenvalue weighted by molar-refractivity contribution is 8.00. The summed E-state index contributed by atoms with van der Waals surface area (Å²) in [6.45, 7) is 4.44. The first kappa shape index (κ1) is 17.3. The zero-order valence-electron chi connectivity index (χ0n) is 12.2. The summed E-state index contributed by atoms with van der Waals surface area (Å²) in [4.78, 5) is 0. The Labute approximate surface area is 122 Å². The summed E-state index contributed by atoms with van der Waals surface area (Å²) in [5.41, 5.74) is 0. The molecule has 1 fully saturated rings. The molecule has 0 aromatic rings. The van der Waals surface area contributed by atoms with E-state index in [9.17, 15) is 8.42 Å². The molecule has 0 spiro atoms. The van der Waals surface area contributed by atoms with Crippen molar-refractivity contribution in [1.82, 2.24) is 10.0 Å². The standard InChI is InChI=1S/C13H28N2O2S2/c1-3-9-14-10-6-11-19(16,17)15-12-13(18-2)7-4-5-8-13/h14-15H,3-12H2,1-2H3. The van der Waals surface area contributed by atoms with Crippen LogP contribution in [-0.4, -0.2) is 44.8 Å². The van der Waals surface area contributed by atoms with Crippen LogP contribution in [-0.2, 0) is 10.0 Å². The fourth-order valence-corrected chi connectivity index (χ4v) is 4.64. The zero-order chi connectivity index (χ0) is 14.2. The molecule has 0 amide bonds. The summed E-state index contributed by atoms with van der Waals surface area (Å²) in [5, 5.41) is 3.23. The van der Waals surface area contributed by atoms with Gasteiger partial charge in [0.2, 0.25) is 10.0 Å². The van der Waals surface area contributed by atoms with Gasteiger partial charge >= 0.3 is 0 Å². The third kappa shape index (κ3) is 6.47. The maximum absolute atomic E-state index is 11.9. The molecule has 0 bridgehead atoms. The van der Waals surface area contributed by atoms with E-state index in [1.807, 2.05) is 11.8 Å². The second kappa shape index (κ2) is 8.49. The molecule has 0 aromatic carbocycles. The fraction of sp³-hybridized carbons (Fsp3) is 1.00. The third-order valence-corrected chi connectivity index (χ3v) is 6.58. The Morgan fingerprint density at radius 3 is 2.47 bits per heavy atom. The van der Waals surface area contributed by atoms with Crippen molar-refractivity contribution < 1.29 is 8.42 Å². The van der Waals surface area contributed by atoms with Gasteiger partial charge in [0.1, 0.15) is 0 Å². The lowest BCUT2D eigenvalue weighted by molar-refractivity contribution is 0.547. The number of nitrogens with one attached hydrogen (secondary N) is 2. The van der Waals surface area contributed by atoms with Crippen molar-refractivity contribution in [2.24, 2.45) is 0 Å². The van der Waals surface area contributed by atoms with Crippen LogP contribution in [0.5, 0.6) is 0 Å². The van der Waals surface area contributed by atoms with Crippen LogP contribution in [0.1, 0.15) is 45.4 Å². The van der Waals surface area contributed by atoms with Gasteiger partial charge < -0.3 is 5.32 Å². The van der Waals surface area contributed by atoms with Gasteiger partial charge in [0.25, 0.3) is 0 Å². The molecule has 0 aliphatic heterocycles. The number of hydrogen-bond donors (Lipinski definition) is 2. The molecule has 1 saturated carbocycles. The summed E-state index contributed by atoms with van der Waals surface area (Å²) < 4.78 is 26.8. The molecule has 19 heavy (non-hydrogen) atoms. The average molecular weight is 309 g/mol. The molecule has 114 valence electrons. The van der Waals surface area contributed by atoms with Gasteiger partial charge in [0, 0.05) is 11.3 Å². The Balaban J connectivity index is 2.26.